The van der Waals surface area contributed by atoms with Gasteiger partial charge >= 0.3 is 0 Å². The van der Waals surface area contributed by atoms with Gasteiger partial charge in [0.15, 0.2) is 0 Å². The number of thioether (sulfide) groups is 1. The van der Waals surface area contributed by atoms with Crippen LogP contribution >= 0.6 is 23.1 Å². The summed E-state index contributed by atoms with van der Waals surface area (Å²) in [6, 6.07) is 11.3. The molecule has 0 bridgehead atoms. The Hall–Kier alpha value is -1.34. The molecule has 0 radical (unpaired) electrons. The lowest BCUT2D eigenvalue weighted by Gasteiger charge is -2.36. The van der Waals surface area contributed by atoms with Gasteiger partial charge in [0.25, 0.3) is 0 Å². The maximum atomic E-state index is 12.3. The van der Waals surface area contributed by atoms with Crippen LogP contribution in [0.15, 0.2) is 40.6 Å². The zero-order valence-corrected chi connectivity index (χ0v) is 16.7. The van der Waals surface area contributed by atoms with Crippen LogP contribution in [-0.2, 0) is 17.8 Å². The van der Waals surface area contributed by atoms with Crippen LogP contribution in [-0.4, -0.2) is 43.2 Å². The topological polar surface area (TPSA) is 44.4 Å². The van der Waals surface area contributed by atoms with Gasteiger partial charge in [-0.05, 0) is 47.4 Å². The second kappa shape index (κ2) is 8.13. The zero-order chi connectivity index (χ0) is 17.9. The number of hydrogen-bond acceptors (Lipinski definition) is 5. The molecule has 138 valence electrons. The van der Waals surface area contributed by atoms with Gasteiger partial charge in [-0.25, -0.2) is 0 Å². The average Bonchev–Trinajstić information content (AvgIpc) is 3.09. The fourth-order valence-corrected chi connectivity index (χ4v) is 4.93. The number of benzene rings is 1. The molecule has 0 spiro atoms. The third kappa shape index (κ3) is 3.83. The van der Waals surface area contributed by atoms with Gasteiger partial charge in [0.2, 0.25) is 5.91 Å². The molecule has 2 N–H and O–H groups in total. The first-order valence-electron chi connectivity index (χ1n) is 9.16. The van der Waals surface area contributed by atoms with Crippen molar-refractivity contribution in [3.8, 4) is 0 Å². The number of fused-ring (bicyclic) bond motifs is 1. The molecule has 2 aliphatic rings. The van der Waals surface area contributed by atoms with E-state index < -0.39 is 0 Å². The number of rotatable bonds is 6. The van der Waals surface area contributed by atoms with Crippen molar-refractivity contribution in [2.45, 2.75) is 23.9 Å². The molecule has 0 saturated carbocycles. The van der Waals surface area contributed by atoms with Gasteiger partial charge in [0.05, 0.1) is 12.0 Å². The summed E-state index contributed by atoms with van der Waals surface area (Å²) >= 11 is 3.63. The molecule has 1 fully saturated rings. The molecular weight excluding hydrogens is 362 g/mol. The molecule has 1 saturated heterocycles. The summed E-state index contributed by atoms with van der Waals surface area (Å²) in [6.45, 7) is 4.30. The average molecular weight is 388 g/mol. The Morgan fingerprint density at radius 2 is 2.15 bits per heavy atom. The molecule has 1 unspecified atom stereocenters. The van der Waals surface area contributed by atoms with Gasteiger partial charge in [0, 0.05) is 42.5 Å². The van der Waals surface area contributed by atoms with Crippen molar-refractivity contribution in [3.63, 3.8) is 0 Å². The maximum Gasteiger partial charge on any atom is 0.225 e. The summed E-state index contributed by atoms with van der Waals surface area (Å²) < 4.78 is 0. The highest BCUT2D eigenvalue weighted by Gasteiger charge is 2.28. The Kier molecular flexibility index (Phi) is 5.64. The summed E-state index contributed by atoms with van der Waals surface area (Å²) in [7, 11) is 0. The quantitative estimate of drug-likeness (QED) is 0.748. The largest absolute Gasteiger partial charge is 0.354 e. The molecule has 4 rings (SSSR count). The van der Waals surface area contributed by atoms with Crippen LogP contribution in [0.25, 0.3) is 0 Å². The van der Waals surface area contributed by atoms with Crippen molar-refractivity contribution in [1.82, 2.24) is 15.5 Å². The zero-order valence-electron chi connectivity index (χ0n) is 15.0. The summed E-state index contributed by atoms with van der Waals surface area (Å²) in [4.78, 5) is 17.6. The number of carbonyl (C=O) groups is 1. The van der Waals surface area contributed by atoms with E-state index in [2.05, 4.69) is 57.5 Å². The monoisotopic (exact) mass is 387 g/mol. The molecule has 6 heteroatoms. The third-order valence-electron chi connectivity index (χ3n) is 5.40. The number of amides is 1. The molecule has 26 heavy (non-hydrogen) atoms. The van der Waals surface area contributed by atoms with Crippen LogP contribution in [0.5, 0.6) is 0 Å². The lowest BCUT2D eigenvalue weighted by molar-refractivity contribution is -0.126. The number of thiophene rings is 1. The Morgan fingerprint density at radius 3 is 2.85 bits per heavy atom. The SMILES string of the molecule is CSc1ccc(C(CNC(=O)C2CNC2)N2CCc3sccc3C2)cc1. The number of nitrogens with one attached hydrogen (secondary N) is 2. The van der Waals surface area contributed by atoms with Crippen LogP contribution in [0.1, 0.15) is 22.0 Å². The summed E-state index contributed by atoms with van der Waals surface area (Å²) in [5.41, 5.74) is 2.73. The van der Waals surface area contributed by atoms with Gasteiger partial charge in [-0.15, -0.1) is 23.1 Å². The first kappa shape index (κ1) is 18.0. The van der Waals surface area contributed by atoms with Crippen molar-refractivity contribution < 1.29 is 4.79 Å². The predicted octanol–water partition coefficient (Wildman–Crippen LogP) is 2.91. The Bertz CT molecular complexity index is 755. The molecule has 2 aliphatic heterocycles. The van der Waals surface area contributed by atoms with Crippen LogP contribution in [0.3, 0.4) is 0 Å². The number of carbonyl (C=O) groups excluding carboxylic acids is 1. The number of nitrogens with zero attached hydrogens (tertiary/aromatic N) is 1. The van der Waals surface area contributed by atoms with Crippen LogP contribution in [0, 0.1) is 5.92 Å². The van der Waals surface area contributed by atoms with E-state index in [9.17, 15) is 4.79 Å². The van der Waals surface area contributed by atoms with Crippen molar-refractivity contribution in [2.75, 3.05) is 32.4 Å². The van der Waals surface area contributed by atoms with E-state index in [1.807, 2.05) is 11.3 Å². The Balaban J connectivity index is 1.51. The highest BCUT2D eigenvalue weighted by Crippen LogP contribution is 2.31. The summed E-state index contributed by atoms with van der Waals surface area (Å²) in [5.74, 6) is 0.321. The second-order valence-corrected chi connectivity index (χ2v) is 8.86. The normalized spacial score (nSPS) is 18.8. The highest BCUT2D eigenvalue weighted by atomic mass is 32.2. The van der Waals surface area contributed by atoms with Crippen LogP contribution in [0.4, 0.5) is 0 Å². The van der Waals surface area contributed by atoms with E-state index in [1.165, 1.54) is 20.9 Å². The van der Waals surface area contributed by atoms with Crippen molar-refractivity contribution in [2.24, 2.45) is 5.92 Å². The van der Waals surface area contributed by atoms with Crippen LogP contribution in [0.2, 0.25) is 0 Å². The molecule has 4 nitrogen and oxygen atoms in total. The minimum Gasteiger partial charge on any atom is -0.354 e. The molecule has 0 aliphatic carbocycles. The first-order chi connectivity index (χ1) is 12.7. The van der Waals surface area contributed by atoms with E-state index in [0.29, 0.717) is 6.54 Å². The van der Waals surface area contributed by atoms with E-state index >= 15 is 0 Å². The summed E-state index contributed by atoms with van der Waals surface area (Å²) in [5, 5.41) is 8.57. The van der Waals surface area contributed by atoms with Crippen molar-refractivity contribution >= 4 is 29.0 Å². The van der Waals surface area contributed by atoms with Crippen LogP contribution < -0.4 is 10.6 Å². The second-order valence-electron chi connectivity index (χ2n) is 6.98. The molecule has 2 aromatic rings. The highest BCUT2D eigenvalue weighted by molar-refractivity contribution is 7.98. The van der Waals surface area contributed by atoms with Gasteiger partial charge < -0.3 is 10.6 Å². The Morgan fingerprint density at radius 1 is 1.35 bits per heavy atom. The maximum absolute atomic E-state index is 12.3. The molecule has 1 amide bonds. The van der Waals surface area contributed by atoms with Gasteiger partial charge in [-0.1, -0.05) is 12.1 Å². The fraction of sp³-hybridized carbons (Fsp3) is 0.450. The van der Waals surface area contributed by atoms with Crippen molar-refractivity contribution in [1.29, 1.82) is 0 Å². The molecular formula is C20H25N3OS2. The Labute approximate surface area is 163 Å². The smallest absolute Gasteiger partial charge is 0.225 e. The lowest BCUT2D eigenvalue weighted by atomic mass is 9.99. The van der Waals surface area contributed by atoms with E-state index in [4.69, 9.17) is 0 Å². The van der Waals surface area contributed by atoms with E-state index in [-0.39, 0.29) is 17.9 Å². The minimum absolute atomic E-state index is 0.138. The van der Waals surface area contributed by atoms with E-state index in [0.717, 1.165) is 32.6 Å². The van der Waals surface area contributed by atoms with Gasteiger partial charge in [-0.3, -0.25) is 9.69 Å². The van der Waals surface area contributed by atoms with Gasteiger partial charge in [0.1, 0.15) is 0 Å². The minimum atomic E-state index is 0.138. The first-order valence-corrected chi connectivity index (χ1v) is 11.3. The summed E-state index contributed by atoms with van der Waals surface area (Å²) in [6.07, 6.45) is 3.20. The fourth-order valence-electron chi connectivity index (χ4n) is 3.64. The molecule has 3 heterocycles. The number of hydrogen-bond donors (Lipinski definition) is 2. The van der Waals surface area contributed by atoms with E-state index in [1.54, 1.807) is 11.8 Å². The third-order valence-corrected chi connectivity index (χ3v) is 7.17. The molecule has 1 atom stereocenters. The van der Waals surface area contributed by atoms with Crippen molar-refractivity contribution in [3.05, 3.63) is 51.7 Å². The molecule has 1 aromatic carbocycles. The lowest BCUT2D eigenvalue weighted by Crippen LogP contribution is -2.52. The van der Waals surface area contributed by atoms with Gasteiger partial charge in [-0.2, -0.15) is 0 Å². The molecule has 1 aromatic heterocycles. The predicted molar refractivity (Wildman–Crippen MR) is 109 cm³/mol. The standard InChI is InChI=1S/C20H25N3OS2/c1-25-17-4-2-14(3-5-17)18(12-22-20(24)16-10-21-11-16)23-8-6-19-15(13-23)7-9-26-19/h2-5,7,9,16,18,21H,6,8,10-13H2,1H3,(H,22,24).